The van der Waals surface area contributed by atoms with Crippen molar-refractivity contribution >= 4 is 33.0 Å². The second kappa shape index (κ2) is 8.63. The highest BCUT2D eigenvalue weighted by molar-refractivity contribution is 7.92. The molecule has 9 heteroatoms. The van der Waals surface area contributed by atoms with Crippen LogP contribution in [0.4, 0.5) is 17.1 Å². The first-order chi connectivity index (χ1) is 12.7. The van der Waals surface area contributed by atoms with E-state index < -0.39 is 14.9 Å². The fourth-order valence-corrected chi connectivity index (χ4v) is 3.50. The first kappa shape index (κ1) is 20.4. The Labute approximate surface area is 158 Å². The molecule has 0 aliphatic rings. The summed E-state index contributed by atoms with van der Waals surface area (Å²) >= 11 is 0. The average Bonchev–Trinajstić information content (AvgIpc) is 2.60. The van der Waals surface area contributed by atoms with Crippen LogP contribution >= 0.6 is 0 Å². The highest BCUT2D eigenvalue weighted by atomic mass is 32.2. The lowest BCUT2D eigenvalue weighted by atomic mass is 10.1. The van der Waals surface area contributed by atoms with E-state index in [2.05, 4.69) is 5.32 Å². The first-order valence-corrected chi connectivity index (χ1v) is 10.1. The zero-order valence-corrected chi connectivity index (χ0v) is 15.9. The smallest absolute Gasteiger partial charge is 0.271 e. The molecular formula is C18H21N3O5S. The van der Waals surface area contributed by atoms with Crippen LogP contribution in [0.5, 0.6) is 0 Å². The standard InChI is InChI=1S/C18H21N3O5S/c1-14-10-11-16(21(23)24)13-17(14)19-18(22)9-6-12-20(27(2,25)26)15-7-4-3-5-8-15/h3-5,7-8,10-11,13H,6,9,12H2,1-2H3,(H,19,22). The number of benzene rings is 2. The molecule has 2 aromatic carbocycles. The molecule has 0 bridgehead atoms. The molecule has 0 unspecified atom stereocenters. The molecular weight excluding hydrogens is 370 g/mol. The van der Waals surface area contributed by atoms with Gasteiger partial charge in [0.2, 0.25) is 15.9 Å². The molecule has 0 radical (unpaired) electrons. The van der Waals surface area contributed by atoms with Crippen LogP contribution in [-0.2, 0) is 14.8 Å². The molecule has 0 atom stereocenters. The molecule has 0 saturated heterocycles. The monoisotopic (exact) mass is 391 g/mol. The third-order valence-corrected chi connectivity index (χ3v) is 5.11. The van der Waals surface area contributed by atoms with Gasteiger partial charge in [-0.1, -0.05) is 24.3 Å². The maximum Gasteiger partial charge on any atom is 0.271 e. The molecule has 8 nitrogen and oxygen atoms in total. The Balaban J connectivity index is 1.99. The molecule has 0 aromatic heterocycles. The van der Waals surface area contributed by atoms with Gasteiger partial charge in [0.15, 0.2) is 0 Å². The van der Waals surface area contributed by atoms with Crippen LogP contribution < -0.4 is 9.62 Å². The van der Waals surface area contributed by atoms with Crippen molar-refractivity contribution in [3.63, 3.8) is 0 Å². The van der Waals surface area contributed by atoms with E-state index >= 15 is 0 Å². The lowest BCUT2D eigenvalue weighted by Crippen LogP contribution is -2.31. The van der Waals surface area contributed by atoms with Crippen LogP contribution in [0.2, 0.25) is 0 Å². The highest BCUT2D eigenvalue weighted by Gasteiger charge is 2.17. The number of nitrogens with one attached hydrogen (secondary N) is 1. The summed E-state index contributed by atoms with van der Waals surface area (Å²) in [4.78, 5) is 22.5. The Kier molecular flexibility index (Phi) is 6.51. The third-order valence-electron chi connectivity index (χ3n) is 3.92. The third kappa shape index (κ3) is 5.78. The normalized spacial score (nSPS) is 11.0. The number of nitro groups is 1. The van der Waals surface area contributed by atoms with Gasteiger partial charge in [-0.3, -0.25) is 19.2 Å². The minimum absolute atomic E-state index is 0.0843. The average molecular weight is 391 g/mol. The van der Waals surface area contributed by atoms with E-state index in [1.165, 1.54) is 16.4 Å². The minimum atomic E-state index is -3.47. The largest absolute Gasteiger partial charge is 0.326 e. The number of hydrogen-bond donors (Lipinski definition) is 1. The van der Waals surface area contributed by atoms with Crippen molar-refractivity contribution in [2.45, 2.75) is 19.8 Å². The van der Waals surface area contributed by atoms with Crippen LogP contribution in [0.1, 0.15) is 18.4 Å². The van der Waals surface area contributed by atoms with Gasteiger partial charge < -0.3 is 5.32 Å². The van der Waals surface area contributed by atoms with Crippen molar-refractivity contribution in [1.82, 2.24) is 0 Å². The Morgan fingerprint density at radius 2 is 1.85 bits per heavy atom. The molecule has 2 aromatic rings. The highest BCUT2D eigenvalue weighted by Crippen LogP contribution is 2.22. The van der Waals surface area contributed by atoms with Gasteiger partial charge in [-0.05, 0) is 31.0 Å². The van der Waals surface area contributed by atoms with Gasteiger partial charge >= 0.3 is 0 Å². The zero-order chi connectivity index (χ0) is 20.0. The van der Waals surface area contributed by atoms with Crippen LogP contribution in [0.15, 0.2) is 48.5 Å². The molecule has 27 heavy (non-hydrogen) atoms. The number of rotatable bonds is 8. The van der Waals surface area contributed by atoms with E-state index in [1.54, 1.807) is 43.3 Å². The summed E-state index contributed by atoms with van der Waals surface area (Å²) in [5, 5.41) is 13.5. The molecule has 0 saturated carbocycles. The van der Waals surface area contributed by atoms with Gasteiger partial charge in [-0.15, -0.1) is 0 Å². The first-order valence-electron chi connectivity index (χ1n) is 8.26. The molecule has 0 aliphatic carbocycles. The minimum Gasteiger partial charge on any atom is -0.326 e. The summed E-state index contributed by atoms with van der Waals surface area (Å²) in [6, 6.07) is 12.9. The second-order valence-corrected chi connectivity index (χ2v) is 7.99. The fraction of sp³-hybridized carbons (Fsp3) is 0.278. The van der Waals surface area contributed by atoms with Crippen LogP contribution in [0.25, 0.3) is 0 Å². The predicted octanol–water partition coefficient (Wildman–Crippen LogP) is 3.09. The number of aryl methyl sites for hydroxylation is 1. The number of nitro benzene ring substituents is 1. The second-order valence-electron chi connectivity index (χ2n) is 6.08. The zero-order valence-electron chi connectivity index (χ0n) is 15.1. The Bertz CT molecular complexity index is 929. The quantitative estimate of drug-likeness (QED) is 0.549. The van der Waals surface area contributed by atoms with Crippen molar-refractivity contribution < 1.29 is 18.1 Å². The van der Waals surface area contributed by atoms with Crippen LogP contribution in [0, 0.1) is 17.0 Å². The van der Waals surface area contributed by atoms with Gasteiger partial charge in [-0.25, -0.2) is 8.42 Å². The number of para-hydroxylation sites is 1. The summed E-state index contributed by atoms with van der Waals surface area (Å²) in [6.45, 7) is 1.89. The topological polar surface area (TPSA) is 110 Å². The van der Waals surface area contributed by atoms with Crippen molar-refractivity contribution in [2.24, 2.45) is 0 Å². The van der Waals surface area contributed by atoms with E-state index in [4.69, 9.17) is 0 Å². The number of nitrogens with zero attached hydrogens (tertiary/aromatic N) is 2. The number of non-ortho nitro benzene ring substituents is 1. The molecule has 0 fully saturated rings. The number of hydrogen-bond acceptors (Lipinski definition) is 5. The van der Waals surface area contributed by atoms with Crippen molar-refractivity contribution in [2.75, 3.05) is 22.4 Å². The van der Waals surface area contributed by atoms with Crippen molar-refractivity contribution in [3.05, 3.63) is 64.2 Å². The predicted molar refractivity (Wildman–Crippen MR) is 104 cm³/mol. The summed E-state index contributed by atoms with van der Waals surface area (Å²) < 4.78 is 25.3. The Morgan fingerprint density at radius 1 is 1.19 bits per heavy atom. The number of sulfonamides is 1. The van der Waals surface area contributed by atoms with Crippen LogP contribution in [0.3, 0.4) is 0 Å². The van der Waals surface area contributed by atoms with E-state index in [9.17, 15) is 23.3 Å². The van der Waals surface area contributed by atoms with Gasteiger partial charge in [-0.2, -0.15) is 0 Å². The van der Waals surface area contributed by atoms with Crippen molar-refractivity contribution in [3.8, 4) is 0 Å². The Morgan fingerprint density at radius 3 is 2.44 bits per heavy atom. The SMILES string of the molecule is Cc1ccc([N+](=O)[O-])cc1NC(=O)CCCN(c1ccccc1)S(C)(=O)=O. The van der Waals surface area contributed by atoms with Gasteiger partial charge in [0, 0.05) is 25.1 Å². The molecule has 0 heterocycles. The maximum absolute atomic E-state index is 12.2. The van der Waals surface area contributed by atoms with E-state index in [-0.39, 0.29) is 24.6 Å². The molecule has 0 spiro atoms. The number of carbonyl (C=O) groups is 1. The van der Waals surface area contributed by atoms with E-state index in [1.807, 2.05) is 0 Å². The summed E-state index contributed by atoms with van der Waals surface area (Å²) in [5.41, 5.74) is 1.51. The number of carbonyl (C=O) groups excluding carboxylic acids is 1. The van der Waals surface area contributed by atoms with Gasteiger partial charge in [0.25, 0.3) is 5.69 Å². The number of anilines is 2. The lowest BCUT2D eigenvalue weighted by Gasteiger charge is -2.22. The molecule has 2 rings (SSSR count). The number of amides is 1. The van der Waals surface area contributed by atoms with Crippen molar-refractivity contribution in [1.29, 1.82) is 0 Å². The fourth-order valence-electron chi connectivity index (χ4n) is 2.53. The van der Waals surface area contributed by atoms with Crippen LogP contribution in [-0.4, -0.2) is 32.0 Å². The molecule has 1 amide bonds. The Hall–Kier alpha value is -2.94. The summed E-state index contributed by atoms with van der Waals surface area (Å²) in [5.74, 6) is -0.333. The molecule has 0 aliphatic heterocycles. The van der Waals surface area contributed by atoms with E-state index in [0.29, 0.717) is 23.4 Å². The van der Waals surface area contributed by atoms with Gasteiger partial charge in [0.05, 0.1) is 22.6 Å². The molecule has 1 N–H and O–H groups in total. The van der Waals surface area contributed by atoms with Gasteiger partial charge in [0.1, 0.15) is 0 Å². The summed E-state index contributed by atoms with van der Waals surface area (Å²) in [7, 11) is -3.47. The summed E-state index contributed by atoms with van der Waals surface area (Å²) in [6.07, 6.45) is 1.51. The molecule has 144 valence electrons. The lowest BCUT2D eigenvalue weighted by molar-refractivity contribution is -0.384. The maximum atomic E-state index is 12.2. The van der Waals surface area contributed by atoms with E-state index in [0.717, 1.165) is 6.26 Å².